The maximum Gasteiger partial charge on any atom is 0.0739 e. The molecule has 0 aromatic heterocycles. The molecule has 0 heterocycles. The van der Waals surface area contributed by atoms with Crippen LogP contribution in [0, 0.1) is 0 Å². The van der Waals surface area contributed by atoms with Crippen LogP contribution in [0.2, 0.25) is 0 Å². The van der Waals surface area contributed by atoms with Gasteiger partial charge in [-0.2, -0.15) is 0 Å². The molecule has 0 saturated carbocycles. The average Bonchev–Trinajstić information content (AvgIpc) is 3.29. The highest BCUT2D eigenvalue weighted by atomic mass is 15.2. The summed E-state index contributed by atoms with van der Waals surface area (Å²) in [6, 6.07) is 45.2. The van der Waals surface area contributed by atoms with Gasteiger partial charge in [0.2, 0.25) is 0 Å². The van der Waals surface area contributed by atoms with Gasteiger partial charge in [-0.25, -0.2) is 0 Å². The molecule has 1 nitrogen and oxygen atoms in total. The summed E-state index contributed by atoms with van der Waals surface area (Å²) in [4.78, 5) is 2.53. The quantitative estimate of drug-likeness (QED) is 0.234. The summed E-state index contributed by atoms with van der Waals surface area (Å²) in [6.07, 6.45) is 9.81. The van der Waals surface area contributed by atoms with Crippen LogP contribution < -0.4 is 4.90 Å². The lowest BCUT2D eigenvalue weighted by molar-refractivity contribution is 0.719. The fourth-order valence-electron chi connectivity index (χ4n) is 7.34. The van der Waals surface area contributed by atoms with Crippen molar-refractivity contribution in [2.24, 2.45) is 0 Å². The zero-order valence-corrected chi connectivity index (χ0v) is 21.8. The Morgan fingerprint density at radius 2 is 1.21 bits per heavy atom. The van der Waals surface area contributed by atoms with Gasteiger partial charge in [0.15, 0.2) is 0 Å². The third-order valence-electron chi connectivity index (χ3n) is 8.79. The fraction of sp³-hybridized carbons (Fsp3) is 0.105. The average molecular weight is 500 g/mol. The Balaban J connectivity index is 1.52. The number of rotatable bonds is 3. The predicted octanol–water partition coefficient (Wildman–Crippen LogP) is 9.33. The summed E-state index contributed by atoms with van der Waals surface area (Å²) in [5.41, 5.74) is 14.6. The van der Waals surface area contributed by atoms with E-state index in [0.29, 0.717) is 0 Å². The zero-order chi connectivity index (χ0) is 25.8. The SMILES string of the molecule is C1=CCCC(N(c2ccccc2)c2cccc3c2C2(c4ccccc4C3)c3ccccc3-c3ccccc32)=C1. The Labute approximate surface area is 230 Å². The van der Waals surface area contributed by atoms with Gasteiger partial charge in [0.25, 0.3) is 0 Å². The molecule has 1 heteroatoms. The third kappa shape index (κ3) is 3.14. The lowest BCUT2D eigenvalue weighted by atomic mass is 9.61. The number of hydrogen-bond donors (Lipinski definition) is 0. The standard InChI is InChI=1S/C38H29N/c1-3-16-29(17-4-1)39(30-18-5-2-6-19-30)36-25-13-15-28-26-27-14-7-10-22-33(27)38(37(28)36)34-23-11-8-20-31(34)32-21-9-12-24-35(32)38/h1-5,7-18,20-25H,6,19,26H2. The number of para-hydroxylation sites is 1. The van der Waals surface area contributed by atoms with Gasteiger partial charge >= 0.3 is 0 Å². The van der Waals surface area contributed by atoms with Crippen molar-refractivity contribution in [1.29, 1.82) is 0 Å². The van der Waals surface area contributed by atoms with E-state index in [1.165, 1.54) is 61.6 Å². The van der Waals surface area contributed by atoms with E-state index in [2.05, 4.69) is 144 Å². The molecule has 0 atom stereocenters. The van der Waals surface area contributed by atoms with Crippen molar-refractivity contribution < 1.29 is 0 Å². The molecule has 0 radical (unpaired) electrons. The number of fused-ring (bicyclic) bond motifs is 9. The van der Waals surface area contributed by atoms with Gasteiger partial charge in [0, 0.05) is 11.4 Å². The van der Waals surface area contributed by atoms with Crippen LogP contribution in [-0.2, 0) is 11.8 Å². The molecule has 1 spiro atoms. The van der Waals surface area contributed by atoms with Gasteiger partial charge in [-0.1, -0.05) is 115 Å². The van der Waals surface area contributed by atoms with Gasteiger partial charge < -0.3 is 4.90 Å². The Kier molecular flexibility index (Phi) is 5.00. The van der Waals surface area contributed by atoms with Gasteiger partial charge in [-0.15, -0.1) is 0 Å². The molecule has 3 aliphatic rings. The molecule has 0 bridgehead atoms. The molecule has 3 aliphatic carbocycles. The number of nitrogens with zero attached hydrogens (tertiary/aromatic N) is 1. The van der Waals surface area contributed by atoms with Crippen LogP contribution >= 0.6 is 0 Å². The van der Waals surface area contributed by atoms with Crippen molar-refractivity contribution in [2.45, 2.75) is 24.7 Å². The topological polar surface area (TPSA) is 3.24 Å². The maximum absolute atomic E-state index is 2.53. The summed E-state index contributed by atoms with van der Waals surface area (Å²) in [5, 5.41) is 0. The molecule has 5 aromatic rings. The fourth-order valence-corrected chi connectivity index (χ4v) is 7.34. The second-order valence-corrected chi connectivity index (χ2v) is 10.8. The van der Waals surface area contributed by atoms with Crippen LogP contribution in [-0.4, -0.2) is 0 Å². The van der Waals surface area contributed by atoms with Crippen molar-refractivity contribution in [3.8, 4) is 11.1 Å². The van der Waals surface area contributed by atoms with Crippen LogP contribution in [0.5, 0.6) is 0 Å². The first kappa shape index (κ1) is 22.4. The lowest BCUT2D eigenvalue weighted by Crippen LogP contribution is -2.36. The van der Waals surface area contributed by atoms with Crippen molar-refractivity contribution in [2.75, 3.05) is 4.90 Å². The number of benzene rings is 5. The summed E-state index contributed by atoms with van der Waals surface area (Å²) >= 11 is 0. The maximum atomic E-state index is 2.53. The van der Waals surface area contributed by atoms with E-state index >= 15 is 0 Å². The first-order chi connectivity index (χ1) is 19.4. The molecular weight excluding hydrogens is 470 g/mol. The molecule has 0 aliphatic heterocycles. The number of hydrogen-bond acceptors (Lipinski definition) is 1. The van der Waals surface area contributed by atoms with E-state index in [1.807, 2.05) is 0 Å². The molecule has 0 saturated heterocycles. The molecule has 8 rings (SSSR count). The van der Waals surface area contributed by atoms with E-state index < -0.39 is 0 Å². The van der Waals surface area contributed by atoms with Crippen molar-refractivity contribution in [1.82, 2.24) is 0 Å². The monoisotopic (exact) mass is 499 g/mol. The van der Waals surface area contributed by atoms with Gasteiger partial charge in [0.05, 0.1) is 11.1 Å². The number of allylic oxidation sites excluding steroid dienone is 4. The number of anilines is 2. The summed E-state index contributed by atoms with van der Waals surface area (Å²) in [7, 11) is 0. The molecule has 0 unspecified atom stereocenters. The van der Waals surface area contributed by atoms with Crippen molar-refractivity contribution in [3.63, 3.8) is 0 Å². The zero-order valence-electron chi connectivity index (χ0n) is 21.8. The summed E-state index contributed by atoms with van der Waals surface area (Å²) in [6.45, 7) is 0. The van der Waals surface area contributed by atoms with Gasteiger partial charge in [-0.3, -0.25) is 0 Å². The molecule has 39 heavy (non-hydrogen) atoms. The van der Waals surface area contributed by atoms with Crippen LogP contribution in [0.4, 0.5) is 11.4 Å². The van der Waals surface area contributed by atoms with Crippen molar-refractivity contribution in [3.05, 3.63) is 179 Å². The second-order valence-electron chi connectivity index (χ2n) is 10.8. The second kappa shape index (κ2) is 8.71. The van der Waals surface area contributed by atoms with E-state index in [9.17, 15) is 0 Å². The molecule has 186 valence electrons. The van der Waals surface area contributed by atoms with Crippen LogP contribution in [0.25, 0.3) is 11.1 Å². The van der Waals surface area contributed by atoms with Crippen LogP contribution in [0.1, 0.15) is 46.2 Å². The van der Waals surface area contributed by atoms with E-state index in [0.717, 1.165) is 19.3 Å². The van der Waals surface area contributed by atoms with Crippen LogP contribution in [0.15, 0.2) is 145 Å². The molecule has 0 amide bonds. The van der Waals surface area contributed by atoms with Gasteiger partial charge in [-0.05, 0) is 88.0 Å². The van der Waals surface area contributed by atoms with E-state index in [-0.39, 0.29) is 5.41 Å². The van der Waals surface area contributed by atoms with E-state index in [4.69, 9.17) is 0 Å². The lowest BCUT2D eigenvalue weighted by Gasteiger charge is -2.43. The highest BCUT2D eigenvalue weighted by Crippen LogP contribution is 2.61. The first-order valence-corrected chi connectivity index (χ1v) is 14.0. The Hall–Kier alpha value is -4.62. The minimum atomic E-state index is -0.383. The summed E-state index contributed by atoms with van der Waals surface area (Å²) < 4.78 is 0. The Morgan fingerprint density at radius 3 is 1.92 bits per heavy atom. The molecule has 0 N–H and O–H groups in total. The smallest absolute Gasteiger partial charge is 0.0739 e. The van der Waals surface area contributed by atoms with E-state index in [1.54, 1.807) is 0 Å². The Bertz CT molecular complexity index is 1740. The Morgan fingerprint density at radius 1 is 0.564 bits per heavy atom. The van der Waals surface area contributed by atoms with Crippen molar-refractivity contribution >= 4 is 11.4 Å². The molecular formula is C38H29N. The predicted molar refractivity (Wildman–Crippen MR) is 162 cm³/mol. The third-order valence-corrected chi connectivity index (χ3v) is 8.79. The molecule has 5 aromatic carbocycles. The first-order valence-electron chi connectivity index (χ1n) is 14.0. The highest BCUT2D eigenvalue weighted by Gasteiger charge is 2.51. The normalized spacial score (nSPS) is 15.6. The summed E-state index contributed by atoms with van der Waals surface area (Å²) in [5.74, 6) is 0. The van der Waals surface area contributed by atoms with Gasteiger partial charge in [0.1, 0.15) is 0 Å². The highest BCUT2D eigenvalue weighted by molar-refractivity contribution is 5.91. The minimum Gasteiger partial charge on any atom is -0.314 e. The molecule has 0 fully saturated rings. The van der Waals surface area contributed by atoms with Crippen LogP contribution in [0.3, 0.4) is 0 Å². The largest absolute Gasteiger partial charge is 0.314 e. The minimum absolute atomic E-state index is 0.383.